The van der Waals surface area contributed by atoms with Crippen LogP contribution in [0.1, 0.15) is 290 Å². The first-order valence-corrected chi connectivity index (χ1v) is 28.8. The third-order valence-electron chi connectivity index (χ3n) is 12.5. The summed E-state index contributed by atoms with van der Waals surface area (Å²) in [5, 5.41) is 0. The predicted molar refractivity (Wildman–Crippen MR) is 288 cm³/mol. The minimum atomic E-state index is -0.546. The molecule has 0 aromatic rings. The Balaban J connectivity index is 4.24. The molecule has 0 rings (SSSR count). The highest BCUT2D eigenvalue weighted by atomic mass is 16.6. The Morgan fingerprint density at radius 2 is 0.682 bits per heavy atom. The van der Waals surface area contributed by atoms with Gasteiger partial charge in [-0.05, 0) is 103 Å². The second-order valence-electron chi connectivity index (χ2n) is 19.2. The third-order valence-corrected chi connectivity index (χ3v) is 12.5. The van der Waals surface area contributed by atoms with Crippen LogP contribution in [0.4, 0.5) is 0 Å². The van der Waals surface area contributed by atoms with Crippen LogP contribution in [-0.2, 0) is 23.8 Å². The van der Waals surface area contributed by atoms with Crippen molar-refractivity contribution in [3.05, 3.63) is 60.8 Å². The minimum absolute atomic E-state index is 0.0788. The van der Waals surface area contributed by atoms with E-state index in [1.54, 1.807) is 0 Å². The molecule has 66 heavy (non-hydrogen) atoms. The SMILES string of the molecule is CC/C=C\C/C=C\C/C=C\CCCCCCCCCCOCC(COC(=O)CCCCCCCCCCC/C=C\CCCCCCCC)OC(=O)CCCCCCC/C=C\CCCCCC. The van der Waals surface area contributed by atoms with E-state index in [9.17, 15) is 9.59 Å². The van der Waals surface area contributed by atoms with Crippen molar-refractivity contribution in [2.75, 3.05) is 19.8 Å². The monoisotopic (exact) mass is 923 g/mol. The first kappa shape index (κ1) is 63.6. The molecule has 5 nitrogen and oxygen atoms in total. The number of esters is 2. The Hall–Kier alpha value is -2.40. The van der Waals surface area contributed by atoms with Gasteiger partial charge < -0.3 is 14.2 Å². The molecule has 0 heterocycles. The van der Waals surface area contributed by atoms with Crippen molar-refractivity contribution in [2.45, 2.75) is 297 Å². The largest absolute Gasteiger partial charge is 0.462 e. The van der Waals surface area contributed by atoms with Crippen LogP contribution in [0.5, 0.6) is 0 Å². The molecule has 1 unspecified atom stereocenters. The number of rotatable bonds is 53. The number of hydrogen-bond acceptors (Lipinski definition) is 5. The van der Waals surface area contributed by atoms with E-state index >= 15 is 0 Å². The van der Waals surface area contributed by atoms with E-state index in [-0.39, 0.29) is 25.2 Å². The fourth-order valence-corrected chi connectivity index (χ4v) is 8.22. The summed E-state index contributed by atoms with van der Waals surface area (Å²) in [6.07, 6.45) is 72.4. The van der Waals surface area contributed by atoms with E-state index in [2.05, 4.69) is 81.5 Å². The Morgan fingerprint density at radius 1 is 0.348 bits per heavy atom. The van der Waals surface area contributed by atoms with E-state index in [0.29, 0.717) is 19.4 Å². The smallest absolute Gasteiger partial charge is 0.306 e. The maximum absolute atomic E-state index is 12.8. The van der Waals surface area contributed by atoms with E-state index in [4.69, 9.17) is 14.2 Å². The van der Waals surface area contributed by atoms with Crippen molar-refractivity contribution >= 4 is 11.9 Å². The van der Waals surface area contributed by atoms with Crippen molar-refractivity contribution < 1.29 is 23.8 Å². The van der Waals surface area contributed by atoms with Crippen LogP contribution < -0.4 is 0 Å². The quantitative estimate of drug-likeness (QED) is 0.0346. The van der Waals surface area contributed by atoms with Gasteiger partial charge in [-0.1, -0.05) is 236 Å². The first-order valence-electron chi connectivity index (χ1n) is 28.8. The van der Waals surface area contributed by atoms with Crippen LogP contribution in [0, 0.1) is 0 Å². The Kier molecular flexibility index (Phi) is 54.9. The van der Waals surface area contributed by atoms with Gasteiger partial charge >= 0.3 is 11.9 Å². The highest BCUT2D eigenvalue weighted by molar-refractivity contribution is 5.70. The number of unbranched alkanes of at least 4 members (excludes halogenated alkanes) is 32. The van der Waals surface area contributed by atoms with Crippen molar-refractivity contribution in [3.63, 3.8) is 0 Å². The fraction of sp³-hybridized carbons (Fsp3) is 0.803. The molecule has 1 atom stereocenters. The average Bonchev–Trinajstić information content (AvgIpc) is 3.32. The lowest BCUT2D eigenvalue weighted by Crippen LogP contribution is -2.30. The maximum atomic E-state index is 12.8. The Labute approximate surface area is 411 Å². The van der Waals surface area contributed by atoms with Gasteiger partial charge in [-0.3, -0.25) is 9.59 Å². The van der Waals surface area contributed by atoms with Gasteiger partial charge in [0.25, 0.3) is 0 Å². The molecule has 0 amide bonds. The number of carbonyl (C=O) groups is 2. The molecule has 0 saturated carbocycles. The molecule has 0 aliphatic rings. The van der Waals surface area contributed by atoms with Crippen molar-refractivity contribution in [1.29, 1.82) is 0 Å². The predicted octanol–water partition coefficient (Wildman–Crippen LogP) is 19.7. The van der Waals surface area contributed by atoms with Crippen LogP contribution >= 0.6 is 0 Å². The van der Waals surface area contributed by atoms with Gasteiger partial charge in [0.2, 0.25) is 0 Å². The summed E-state index contributed by atoms with van der Waals surface area (Å²) >= 11 is 0. The molecule has 0 radical (unpaired) electrons. The molecule has 0 fully saturated rings. The summed E-state index contributed by atoms with van der Waals surface area (Å²) in [5.74, 6) is -0.403. The zero-order valence-corrected chi connectivity index (χ0v) is 44.2. The summed E-state index contributed by atoms with van der Waals surface area (Å²) in [6.45, 7) is 7.71. The molecule has 0 aliphatic heterocycles. The number of allylic oxidation sites excluding steroid dienone is 10. The highest BCUT2D eigenvalue weighted by Crippen LogP contribution is 2.15. The standard InChI is InChI=1S/C61H110O5/c1-4-7-10-13-16-19-22-25-27-29-31-32-34-37-39-42-45-48-51-54-60(62)65-58-59(66-61(63)55-52-49-46-43-40-36-24-21-18-15-12-9-6-3)57-64-56-53-50-47-44-41-38-35-33-30-28-26-23-20-17-14-11-8-5-2/h8,11,17,20-21,24-28,59H,4-7,9-10,12-16,18-19,22-23,29-58H2,1-3H3/b11-8-,20-17-,24-21-,27-25-,28-26-. The van der Waals surface area contributed by atoms with Gasteiger partial charge in [-0.15, -0.1) is 0 Å². The molecule has 0 aromatic heterocycles. The van der Waals surface area contributed by atoms with Gasteiger partial charge in [0.15, 0.2) is 6.10 Å². The van der Waals surface area contributed by atoms with Crippen LogP contribution in [0.15, 0.2) is 60.8 Å². The summed E-state index contributed by atoms with van der Waals surface area (Å²) in [7, 11) is 0. The van der Waals surface area contributed by atoms with Crippen molar-refractivity contribution in [2.24, 2.45) is 0 Å². The molecule has 0 spiro atoms. The van der Waals surface area contributed by atoms with Crippen LogP contribution in [-0.4, -0.2) is 37.9 Å². The molecule has 0 saturated heterocycles. The Morgan fingerprint density at radius 3 is 1.12 bits per heavy atom. The molecule has 0 bridgehead atoms. The highest BCUT2D eigenvalue weighted by Gasteiger charge is 2.17. The Bertz CT molecular complexity index is 1130. The zero-order valence-electron chi connectivity index (χ0n) is 44.2. The number of hydrogen-bond donors (Lipinski definition) is 0. The summed E-state index contributed by atoms with van der Waals surface area (Å²) in [5.41, 5.74) is 0. The molecule has 0 aromatic carbocycles. The molecule has 0 N–H and O–H groups in total. The van der Waals surface area contributed by atoms with Gasteiger partial charge in [0.1, 0.15) is 6.61 Å². The van der Waals surface area contributed by atoms with Crippen molar-refractivity contribution in [1.82, 2.24) is 0 Å². The summed E-state index contributed by atoms with van der Waals surface area (Å²) in [4.78, 5) is 25.5. The van der Waals surface area contributed by atoms with Crippen LogP contribution in [0.25, 0.3) is 0 Å². The third kappa shape index (κ3) is 54.2. The second-order valence-corrected chi connectivity index (χ2v) is 19.2. The van der Waals surface area contributed by atoms with E-state index in [1.807, 2.05) is 0 Å². The van der Waals surface area contributed by atoms with Gasteiger partial charge in [0, 0.05) is 19.4 Å². The maximum Gasteiger partial charge on any atom is 0.306 e. The van der Waals surface area contributed by atoms with Crippen LogP contribution in [0.2, 0.25) is 0 Å². The van der Waals surface area contributed by atoms with Gasteiger partial charge in [-0.25, -0.2) is 0 Å². The summed E-state index contributed by atoms with van der Waals surface area (Å²) < 4.78 is 17.5. The van der Waals surface area contributed by atoms with E-state index in [0.717, 1.165) is 70.6 Å². The van der Waals surface area contributed by atoms with Gasteiger partial charge in [0.05, 0.1) is 6.61 Å². The molecular formula is C61H110O5. The minimum Gasteiger partial charge on any atom is -0.462 e. The van der Waals surface area contributed by atoms with Gasteiger partial charge in [-0.2, -0.15) is 0 Å². The second kappa shape index (κ2) is 56.9. The first-order chi connectivity index (χ1) is 32.6. The summed E-state index contributed by atoms with van der Waals surface area (Å²) in [6, 6.07) is 0. The lowest BCUT2D eigenvalue weighted by Gasteiger charge is -2.18. The molecular weight excluding hydrogens is 813 g/mol. The number of carbonyl (C=O) groups excluding carboxylic acids is 2. The molecule has 0 aliphatic carbocycles. The topological polar surface area (TPSA) is 61.8 Å². The normalized spacial score (nSPS) is 12.6. The lowest BCUT2D eigenvalue weighted by molar-refractivity contribution is -0.163. The average molecular weight is 924 g/mol. The zero-order chi connectivity index (χ0) is 47.7. The van der Waals surface area contributed by atoms with E-state index < -0.39 is 6.10 Å². The van der Waals surface area contributed by atoms with Crippen LogP contribution in [0.3, 0.4) is 0 Å². The lowest BCUT2D eigenvalue weighted by atomic mass is 10.1. The van der Waals surface area contributed by atoms with Crippen molar-refractivity contribution in [3.8, 4) is 0 Å². The van der Waals surface area contributed by atoms with E-state index in [1.165, 1.54) is 186 Å². The molecule has 5 heteroatoms. The molecule has 384 valence electrons. The fourth-order valence-electron chi connectivity index (χ4n) is 8.22. The number of ether oxygens (including phenoxy) is 3.